The van der Waals surface area contributed by atoms with E-state index in [2.05, 4.69) is 29.8 Å². The third kappa shape index (κ3) is 0.898. The van der Waals surface area contributed by atoms with Crippen molar-refractivity contribution in [2.45, 2.75) is 26.7 Å². The van der Waals surface area contributed by atoms with Crippen LogP contribution in [0.2, 0.25) is 0 Å². The first-order chi connectivity index (χ1) is 6.51. The lowest BCUT2D eigenvalue weighted by atomic mass is 9.45. The first-order valence-electron chi connectivity index (χ1n) is 5.15. The first-order valence-corrected chi connectivity index (χ1v) is 6.27. The largest absolute Gasteiger partial charge is 0.469 e. The third-order valence-electron chi connectivity index (χ3n) is 4.92. The van der Waals surface area contributed by atoms with Gasteiger partial charge in [-0.3, -0.25) is 4.79 Å². The molecule has 2 nitrogen and oxygen atoms in total. The Balaban J connectivity index is 2.26. The van der Waals surface area contributed by atoms with Crippen molar-refractivity contribution in [2.75, 3.05) is 12.4 Å². The van der Waals surface area contributed by atoms with Gasteiger partial charge >= 0.3 is 5.97 Å². The lowest BCUT2D eigenvalue weighted by molar-refractivity contribution is -0.179. The van der Waals surface area contributed by atoms with Gasteiger partial charge in [-0.05, 0) is 29.6 Å². The lowest BCUT2D eigenvalue weighted by Gasteiger charge is -2.59. The molecule has 3 fully saturated rings. The molecule has 4 atom stereocenters. The van der Waals surface area contributed by atoms with Gasteiger partial charge in [-0.2, -0.15) is 0 Å². The van der Waals surface area contributed by atoms with Crippen molar-refractivity contribution >= 4 is 21.9 Å². The van der Waals surface area contributed by atoms with E-state index in [0.717, 1.165) is 5.33 Å². The average Bonchev–Trinajstić information content (AvgIpc) is 2.67. The molecule has 0 heterocycles. The van der Waals surface area contributed by atoms with Crippen LogP contribution < -0.4 is 0 Å². The summed E-state index contributed by atoms with van der Waals surface area (Å²) in [6, 6.07) is 0. The molecule has 0 amide bonds. The molecule has 0 aromatic carbocycles. The van der Waals surface area contributed by atoms with Gasteiger partial charge in [0, 0.05) is 5.33 Å². The summed E-state index contributed by atoms with van der Waals surface area (Å²) in [4.78, 5) is 11.6. The first kappa shape index (κ1) is 10.5. The van der Waals surface area contributed by atoms with E-state index in [-0.39, 0.29) is 17.3 Å². The predicted octanol–water partition coefficient (Wildman–Crippen LogP) is 2.61. The highest BCUT2D eigenvalue weighted by Gasteiger charge is 2.72. The van der Waals surface area contributed by atoms with Gasteiger partial charge < -0.3 is 4.74 Å². The Kier molecular flexibility index (Phi) is 2.22. The Morgan fingerprint density at radius 3 is 2.57 bits per heavy atom. The second-order valence-corrected chi connectivity index (χ2v) is 5.68. The zero-order chi connectivity index (χ0) is 10.6. The molecule has 0 aromatic rings. The third-order valence-corrected chi connectivity index (χ3v) is 6.08. The van der Waals surface area contributed by atoms with Crippen LogP contribution in [0.4, 0.5) is 0 Å². The van der Waals surface area contributed by atoms with E-state index in [1.54, 1.807) is 0 Å². The predicted molar refractivity (Wildman–Crippen MR) is 58.2 cm³/mol. The molecule has 80 valence electrons. The summed E-state index contributed by atoms with van der Waals surface area (Å²) in [5.41, 5.74) is 0.458. The number of esters is 1. The van der Waals surface area contributed by atoms with Gasteiger partial charge in [0.1, 0.15) is 0 Å². The van der Waals surface area contributed by atoms with E-state index in [1.165, 1.54) is 20.0 Å². The standard InChI is InChI=1S/C11H17BrO2/c1-10-5-4-7(11(10,2)6-12)8(10)9(13)14-3/h7-8H,4-6H2,1-3H3/t7-,8+,10-,11+/m1/s1. The van der Waals surface area contributed by atoms with Crippen molar-refractivity contribution in [1.29, 1.82) is 0 Å². The Labute approximate surface area is 93.5 Å². The average molecular weight is 261 g/mol. The SMILES string of the molecule is COC(=O)[C@@H]1[C@H]2CC[C@@]1(C)[C@@]2(C)CBr. The fraction of sp³-hybridized carbons (Fsp3) is 0.909. The Hall–Kier alpha value is -0.0500. The van der Waals surface area contributed by atoms with Crippen molar-refractivity contribution < 1.29 is 9.53 Å². The molecule has 2 bridgehead atoms. The van der Waals surface area contributed by atoms with Gasteiger partial charge in [-0.15, -0.1) is 0 Å². The zero-order valence-electron chi connectivity index (χ0n) is 8.97. The minimum Gasteiger partial charge on any atom is -0.469 e. The van der Waals surface area contributed by atoms with E-state index >= 15 is 0 Å². The van der Waals surface area contributed by atoms with Crippen LogP contribution in [-0.4, -0.2) is 18.4 Å². The van der Waals surface area contributed by atoms with E-state index in [0.29, 0.717) is 11.3 Å². The van der Waals surface area contributed by atoms with Crippen LogP contribution in [0.5, 0.6) is 0 Å². The molecule has 0 N–H and O–H groups in total. The van der Waals surface area contributed by atoms with Crippen molar-refractivity contribution in [3.05, 3.63) is 0 Å². The van der Waals surface area contributed by atoms with Crippen molar-refractivity contribution in [2.24, 2.45) is 22.7 Å². The van der Waals surface area contributed by atoms with Crippen LogP contribution in [-0.2, 0) is 9.53 Å². The van der Waals surface area contributed by atoms with Crippen LogP contribution in [0.25, 0.3) is 0 Å². The highest BCUT2D eigenvalue weighted by atomic mass is 79.9. The second-order valence-electron chi connectivity index (χ2n) is 5.11. The van der Waals surface area contributed by atoms with Gasteiger partial charge in [0.25, 0.3) is 0 Å². The molecule has 14 heavy (non-hydrogen) atoms. The zero-order valence-corrected chi connectivity index (χ0v) is 10.6. The molecule has 3 saturated carbocycles. The number of carbonyl (C=O) groups excluding carboxylic acids is 1. The Morgan fingerprint density at radius 2 is 2.21 bits per heavy atom. The number of rotatable bonds is 2. The molecule has 0 radical (unpaired) electrons. The monoisotopic (exact) mass is 260 g/mol. The molecule has 0 spiro atoms. The summed E-state index contributed by atoms with van der Waals surface area (Å²) in [5.74, 6) is 0.669. The van der Waals surface area contributed by atoms with Crippen molar-refractivity contribution in [3.8, 4) is 0 Å². The van der Waals surface area contributed by atoms with Gasteiger partial charge in [0.2, 0.25) is 0 Å². The lowest BCUT2D eigenvalue weighted by Crippen LogP contribution is -2.60. The maximum absolute atomic E-state index is 11.6. The smallest absolute Gasteiger partial charge is 0.309 e. The van der Waals surface area contributed by atoms with Crippen LogP contribution >= 0.6 is 15.9 Å². The van der Waals surface area contributed by atoms with Gasteiger partial charge in [0.05, 0.1) is 13.0 Å². The summed E-state index contributed by atoms with van der Waals surface area (Å²) in [6.07, 6.45) is 2.35. The number of carbonyl (C=O) groups is 1. The normalized spacial score (nSPS) is 50.0. The van der Waals surface area contributed by atoms with Crippen LogP contribution in [0, 0.1) is 22.7 Å². The number of methoxy groups -OCH3 is 1. The maximum Gasteiger partial charge on any atom is 0.309 e. The maximum atomic E-state index is 11.6. The molecular weight excluding hydrogens is 244 g/mol. The number of hydrogen-bond acceptors (Lipinski definition) is 2. The van der Waals surface area contributed by atoms with Crippen LogP contribution in [0.3, 0.4) is 0 Å². The highest BCUT2D eigenvalue weighted by Crippen LogP contribution is 2.74. The summed E-state index contributed by atoms with van der Waals surface area (Å²) < 4.78 is 4.88. The fourth-order valence-electron chi connectivity index (χ4n) is 3.68. The summed E-state index contributed by atoms with van der Waals surface area (Å²) in [6.45, 7) is 4.53. The summed E-state index contributed by atoms with van der Waals surface area (Å²) >= 11 is 3.58. The molecule has 0 unspecified atom stereocenters. The minimum absolute atomic E-state index is 0.00609. The number of fused-ring (bicyclic) bond motifs is 1. The van der Waals surface area contributed by atoms with E-state index < -0.39 is 0 Å². The molecular formula is C11H17BrO2. The van der Waals surface area contributed by atoms with Crippen molar-refractivity contribution in [1.82, 2.24) is 0 Å². The van der Waals surface area contributed by atoms with Gasteiger partial charge in [-0.1, -0.05) is 29.8 Å². The number of alkyl halides is 1. The van der Waals surface area contributed by atoms with Crippen LogP contribution in [0.15, 0.2) is 0 Å². The van der Waals surface area contributed by atoms with Gasteiger partial charge in [-0.25, -0.2) is 0 Å². The minimum atomic E-state index is -0.00609. The highest BCUT2D eigenvalue weighted by molar-refractivity contribution is 9.09. The number of hydrogen-bond donors (Lipinski definition) is 0. The fourth-order valence-corrected chi connectivity index (χ4v) is 4.74. The van der Waals surface area contributed by atoms with Crippen molar-refractivity contribution in [3.63, 3.8) is 0 Å². The van der Waals surface area contributed by atoms with Crippen LogP contribution in [0.1, 0.15) is 26.7 Å². The molecule has 3 aliphatic carbocycles. The second kappa shape index (κ2) is 2.97. The quantitative estimate of drug-likeness (QED) is 0.564. The van der Waals surface area contributed by atoms with E-state index in [4.69, 9.17) is 4.74 Å². The Bertz CT molecular complexity index is 278. The van der Waals surface area contributed by atoms with E-state index in [9.17, 15) is 4.79 Å². The Morgan fingerprint density at radius 1 is 1.57 bits per heavy atom. The molecule has 0 aliphatic heterocycles. The summed E-state index contributed by atoms with van der Waals surface area (Å²) in [5, 5.41) is 0.995. The number of ether oxygens (including phenoxy) is 1. The van der Waals surface area contributed by atoms with Gasteiger partial charge in [0.15, 0.2) is 0 Å². The number of halogens is 1. The molecule has 3 rings (SSSR count). The molecule has 3 aliphatic rings. The summed E-state index contributed by atoms with van der Waals surface area (Å²) in [7, 11) is 1.49. The molecule has 0 saturated heterocycles. The molecule has 3 heteroatoms. The molecule has 0 aromatic heterocycles. The van der Waals surface area contributed by atoms with E-state index in [1.807, 2.05) is 0 Å². The topological polar surface area (TPSA) is 26.3 Å².